The number of carbonyl (C=O) groups is 1. The standard InChI is InChI=1S/C28H28FN7O/c29-18-3-1-2-16(8-18)20-6-7-31-27-21(20)10-24(34-27)26-22-11-23(32-14-25(22)35-36-26)17-9-19(13-30-12-17)33-28(37)15-4-5-15/h1-3,6-10,12-13,15,22-23,25-26,32,35-36H,4-5,11,14H2,(H,31,34)(H,33,37). The third kappa shape index (κ3) is 4.29. The van der Waals surface area contributed by atoms with Crippen molar-refractivity contribution in [2.45, 2.75) is 37.4 Å². The van der Waals surface area contributed by atoms with Crippen LogP contribution in [0.3, 0.4) is 0 Å². The number of piperidine rings is 1. The highest BCUT2D eigenvalue weighted by molar-refractivity contribution is 5.94. The lowest BCUT2D eigenvalue weighted by molar-refractivity contribution is -0.117. The lowest BCUT2D eigenvalue weighted by atomic mass is 9.81. The molecule has 5 heterocycles. The number of nitrogens with one attached hydrogen (secondary N) is 5. The number of aromatic amines is 1. The molecule has 0 bridgehead atoms. The maximum absolute atomic E-state index is 13.9. The number of rotatable bonds is 5. The van der Waals surface area contributed by atoms with E-state index < -0.39 is 0 Å². The maximum Gasteiger partial charge on any atom is 0.227 e. The molecule has 1 aliphatic carbocycles. The highest BCUT2D eigenvalue weighted by Gasteiger charge is 2.42. The Morgan fingerprint density at radius 2 is 2.00 bits per heavy atom. The average Bonchev–Trinajstić information content (AvgIpc) is 3.55. The van der Waals surface area contributed by atoms with Gasteiger partial charge in [-0.1, -0.05) is 12.1 Å². The quantitative estimate of drug-likeness (QED) is 0.286. The molecule has 2 aliphatic heterocycles. The minimum Gasteiger partial charge on any atom is -0.342 e. The Labute approximate surface area is 213 Å². The van der Waals surface area contributed by atoms with Crippen LogP contribution >= 0.6 is 0 Å². The summed E-state index contributed by atoms with van der Waals surface area (Å²) < 4.78 is 13.9. The molecule has 5 N–H and O–H groups in total. The summed E-state index contributed by atoms with van der Waals surface area (Å²) in [5.74, 6) is 0.307. The molecule has 3 aliphatic rings. The average molecular weight is 498 g/mol. The van der Waals surface area contributed by atoms with Crippen LogP contribution in [0.4, 0.5) is 10.1 Å². The summed E-state index contributed by atoms with van der Waals surface area (Å²) in [6.45, 7) is 0.810. The number of aromatic nitrogens is 3. The van der Waals surface area contributed by atoms with Crippen LogP contribution in [0, 0.1) is 17.7 Å². The van der Waals surface area contributed by atoms with Crippen molar-refractivity contribution in [3.05, 3.63) is 78.1 Å². The van der Waals surface area contributed by atoms with Crippen LogP contribution in [0.5, 0.6) is 0 Å². The van der Waals surface area contributed by atoms with Crippen molar-refractivity contribution in [1.29, 1.82) is 0 Å². The number of hydrogen-bond acceptors (Lipinski definition) is 6. The summed E-state index contributed by atoms with van der Waals surface area (Å²) in [7, 11) is 0. The molecule has 1 saturated carbocycles. The SMILES string of the molecule is O=C(Nc1cncc(C2CC3C(CN2)NNC3c2cc3c(-c4cccc(F)c4)ccnc3[nH]2)c1)C1CC1. The Morgan fingerprint density at radius 3 is 2.86 bits per heavy atom. The van der Waals surface area contributed by atoms with Crippen molar-refractivity contribution in [1.82, 2.24) is 31.1 Å². The van der Waals surface area contributed by atoms with E-state index in [0.29, 0.717) is 5.92 Å². The van der Waals surface area contributed by atoms with Gasteiger partial charge in [0, 0.05) is 53.9 Å². The number of H-pyrrole nitrogens is 1. The largest absolute Gasteiger partial charge is 0.342 e. The van der Waals surface area contributed by atoms with Gasteiger partial charge in [-0.25, -0.2) is 14.8 Å². The first-order chi connectivity index (χ1) is 18.1. The molecule has 4 aromatic rings. The molecule has 4 unspecified atom stereocenters. The number of pyridine rings is 2. The monoisotopic (exact) mass is 497 g/mol. The lowest BCUT2D eigenvalue weighted by Crippen LogP contribution is -2.46. The van der Waals surface area contributed by atoms with Gasteiger partial charge in [-0.15, -0.1) is 0 Å². The molecule has 7 rings (SSSR count). The normalized spacial score (nSPS) is 25.2. The minimum absolute atomic E-state index is 0.0647. The molecular weight excluding hydrogens is 469 g/mol. The van der Waals surface area contributed by atoms with E-state index in [-0.39, 0.29) is 35.8 Å². The summed E-state index contributed by atoms with van der Waals surface area (Å²) in [5.41, 5.74) is 12.4. The zero-order valence-electron chi connectivity index (χ0n) is 20.2. The fourth-order valence-electron chi connectivity index (χ4n) is 5.76. The van der Waals surface area contributed by atoms with Crippen LogP contribution in [-0.4, -0.2) is 33.4 Å². The van der Waals surface area contributed by atoms with Gasteiger partial charge in [0.25, 0.3) is 0 Å². The third-order valence-corrected chi connectivity index (χ3v) is 7.86. The van der Waals surface area contributed by atoms with Crippen LogP contribution in [0.15, 0.2) is 61.1 Å². The predicted octanol–water partition coefficient (Wildman–Crippen LogP) is 3.98. The fraction of sp³-hybridized carbons (Fsp3) is 0.321. The van der Waals surface area contributed by atoms with Gasteiger partial charge in [-0.2, -0.15) is 0 Å². The van der Waals surface area contributed by atoms with Gasteiger partial charge in [0.05, 0.1) is 17.9 Å². The van der Waals surface area contributed by atoms with Gasteiger partial charge in [-0.05, 0) is 66.3 Å². The van der Waals surface area contributed by atoms with Crippen molar-refractivity contribution >= 4 is 22.6 Å². The molecule has 2 saturated heterocycles. The van der Waals surface area contributed by atoms with Crippen LogP contribution < -0.4 is 21.5 Å². The third-order valence-electron chi connectivity index (χ3n) is 7.86. The summed E-state index contributed by atoms with van der Waals surface area (Å²) >= 11 is 0. The van der Waals surface area contributed by atoms with E-state index in [4.69, 9.17) is 0 Å². The number of benzene rings is 1. The molecule has 188 valence electrons. The van der Waals surface area contributed by atoms with Crippen molar-refractivity contribution in [3.8, 4) is 11.1 Å². The summed E-state index contributed by atoms with van der Waals surface area (Å²) in [5, 5.41) is 7.63. The molecule has 0 spiro atoms. The molecule has 1 aromatic carbocycles. The molecular formula is C28H28FN7O. The van der Waals surface area contributed by atoms with Crippen molar-refractivity contribution in [2.75, 3.05) is 11.9 Å². The second kappa shape index (κ2) is 9.02. The highest BCUT2D eigenvalue weighted by Crippen LogP contribution is 2.40. The Balaban J connectivity index is 1.14. The first-order valence-electron chi connectivity index (χ1n) is 12.9. The zero-order valence-corrected chi connectivity index (χ0v) is 20.2. The summed E-state index contributed by atoms with van der Waals surface area (Å²) in [6.07, 6.45) is 8.20. The maximum atomic E-state index is 13.9. The smallest absolute Gasteiger partial charge is 0.227 e. The molecule has 9 heteroatoms. The Kier molecular flexibility index (Phi) is 5.49. The van der Waals surface area contributed by atoms with E-state index in [2.05, 4.69) is 42.5 Å². The second-order valence-corrected chi connectivity index (χ2v) is 10.4. The number of carbonyl (C=O) groups excluding carboxylic acids is 1. The molecule has 1 amide bonds. The van der Waals surface area contributed by atoms with Crippen LogP contribution in [-0.2, 0) is 4.79 Å². The molecule has 4 atom stereocenters. The Bertz CT molecular complexity index is 1480. The fourth-order valence-corrected chi connectivity index (χ4v) is 5.76. The number of amides is 1. The van der Waals surface area contributed by atoms with Gasteiger partial charge in [-0.3, -0.25) is 15.2 Å². The van der Waals surface area contributed by atoms with E-state index in [9.17, 15) is 9.18 Å². The number of anilines is 1. The van der Waals surface area contributed by atoms with Gasteiger partial charge in [0.1, 0.15) is 11.5 Å². The van der Waals surface area contributed by atoms with Crippen molar-refractivity contribution in [2.24, 2.45) is 11.8 Å². The second-order valence-electron chi connectivity index (χ2n) is 10.4. The van der Waals surface area contributed by atoms with E-state index in [1.165, 1.54) is 6.07 Å². The zero-order chi connectivity index (χ0) is 24.9. The van der Waals surface area contributed by atoms with Gasteiger partial charge in [0.2, 0.25) is 5.91 Å². The highest BCUT2D eigenvalue weighted by atomic mass is 19.1. The lowest BCUT2D eigenvalue weighted by Gasteiger charge is -2.34. The number of nitrogens with zero attached hydrogens (tertiary/aromatic N) is 2. The van der Waals surface area contributed by atoms with Gasteiger partial charge < -0.3 is 15.6 Å². The van der Waals surface area contributed by atoms with Gasteiger partial charge in [0.15, 0.2) is 0 Å². The molecule has 37 heavy (non-hydrogen) atoms. The summed E-state index contributed by atoms with van der Waals surface area (Å²) in [4.78, 5) is 24.7. The number of hydrogen-bond donors (Lipinski definition) is 5. The Morgan fingerprint density at radius 1 is 1.08 bits per heavy atom. The molecule has 8 nitrogen and oxygen atoms in total. The first kappa shape index (κ1) is 22.5. The van der Waals surface area contributed by atoms with Crippen molar-refractivity contribution < 1.29 is 9.18 Å². The number of fused-ring (bicyclic) bond motifs is 2. The van der Waals surface area contributed by atoms with Crippen LogP contribution in [0.2, 0.25) is 0 Å². The molecule has 3 aromatic heterocycles. The van der Waals surface area contributed by atoms with E-state index in [0.717, 1.165) is 64.9 Å². The van der Waals surface area contributed by atoms with Crippen molar-refractivity contribution in [3.63, 3.8) is 0 Å². The minimum atomic E-state index is -0.255. The predicted molar refractivity (Wildman–Crippen MR) is 139 cm³/mol. The molecule has 0 radical (unpaired) electrons. The van der Waals surface area contributed by atoms with E-state index in [1.54, 1.807) is 24.5 Å². The van der Waals surface area contributed by atoms with Crippen LogP contribution in [0.25, 0.3) is 22.2 Å². The van der Waals surface area contributed by atoms with Gasteiger partial charge >= 0.3 is 0 Å². The van der Waals surface area contributed by atoms with E-state index in [1.807, 2.05) is 24.4 Å². The van der Waals surface area contributed by atoms with E-state index >= 15 is 0 Å². The number of halogens is 1. The molecule has 3 fully saturated rings. The first-order valence-corrected chi connectivity index (χ1v) is 12.9. The summed E-state index contributed by atoms with van der Waals surface area (Å²) in [6, 6.07) is 13.2. The van der Waals surface area contributed by atoms with Crippen LogP contribution in [0.1, 0.15) is 42.6 Å². The number of hydrazine groups is 1. The topological polar surface area (TPSA) is 107 Å². The Hall–Kier alpha value is -3.66.